The van der Waals surface area contributed by atoms with Crippen LogP contribution >= 0.6 is 0 Å². The summed E-state index contributed by atoms with van der Waals surface area (Å²) in [4.78, 5) is 23.2. The van der Waals surface area contributed by atoms with Crippen molar-refractivity contribution in [3.8, 4) is 0 Å². The fourth-order valence-electron chi connectivity index (χ4n) is 4.21. The second-order valence-corrected chi connectivity index (χ2v) is 8.16. The lowest BCUT2D eigenvalue weighted by Crippen LogP contribution is -2.46. The van der Waals surface area contributed by atoms with Gasteiger partial charge in [0, 0.05) is 25.6 Å². The fraction of sp³-hybridized carbons (Fsp3) is 0.417. The summed E-state index contributed by atoms with van der Waals surface area (Å²) in [6, 6.07) is 14.7. The molecule has 3 aromatic rings. The Morgan fingerprint density at radius 3 is 2.62 bits per heavy atom. The molecule has 29 heavy (non-hydrogen) atoms. The number of benzene rings is 2. The summed E-state index contributed by atoms with van der Waals surface area (Å²) in [5, 5.41) is 3.11. The molecule has 1 aromatic heterocycles. The summed E-state index contributed by atoms with van der Waals surface area (Å²) in [6.07, 6.45) is 5.34. The number of aryl methyl sites for hydroxylation is 2. The second kappa shape index (κ2) is 8.68. The Labute approximate surface area is 172 Å². The SMILES string of the molecule is Cc1cc2nc(CCN(C(=O)NCc3ccccc3)C3CCCC3)[nH]c2cc1C. The van der Waals surface area contributed by atoms with Crippen LogP contribution in [-0.4, -0.2) is 33.5 Å². The Morgan fingerprint density at radius 1 is 1.14 bits per heavy atom. The molecule has 5 heteroatoms. The summed E-state index contributed by atoms with van der Waals surface area (Å²) >= 11 is 0. The highest BCUT2D eigenvalue weighted by Crippen LogP contribution is 2.24. The van der Waals surface area contributed by atoms with Crippen LogP contribution in [0, 0.1) is 13.8 Å². The van der Waals surface area contributed by atoms with Crippen molar-refractivity contribution in [1.29, 1.82) is 0 Å². The van der Waals surface area contributed by atoms with E-state index in [9.17, 15) is 4.79 Å². The van der Waals surface area contributed by atoms with Crippen LogP contribution in [-0.2, 0) is 13.0 Å². The number of fused-ring (bicyclic) bond motifs is 1. The minimum Gasteiger partial charge on any atom is -0.342 e. The number of urea groups is 1. The molecule has 2 aromatic carbocycles. The van der Waals surface area contributed by atoms with Gasteiger partial charge >= 0.3 is 6.03 Å². The van der Waals surface area contributed by atoms with Gasteiger partial charge in [0.2, 0.25) is 0 Å². The van der Waals surface area contributed by atoms with Gasteiger partial charge < -0.3 is 15.2 Å². The quantitative estimate of drug-likeness (QED) is 0.630. The average molecular weight is 391 g/mol. The highest BCUT2D eigenvalue weighted by Gasteiger charge is 2.26. The number of carbonyl (C=O) groups excluding carboxylic acids is 1. The molecule has 0 spiro atoms. The maximum Gasteiger partial charge on any atom is 0.317 e. The van der Waals surface area contributed by atoms with Gasteiger partial charge in [-0.3, -0.25) is 0 Å². The number of nitrogens with zero attached hydrogens (tertiary/aromatic N) is 2. The highest BCUT2D eigenvalue weighted by atomic mass is 16.2. The fourth-order valence-corrected chi connectivity index (χ4v) is 4.21. The van der Waals surface area contributed by atoms with E-state index in [1.165, 1.54) is 24.0 Å². The lowest BCUT2D eigenvalue weighted by molar-refractivity contribution is 0.175. The molecule has 1 aliphatic carbocycles. The van der Waals surface area contributed by atoms with Gasteiger partial charge in [0.15, 0.2) is 0 Å². The topological polar surface area (TPSA) is 61.0 Å². The van der Waals surface area contributed by atoms with E-state index >= 15 is 0 Å². The van der Waals surface area contributed by atoms with Gasteiger partial charge in [0.25, 0.3) is 0 Å². The van der Waals surface area contributed by atoms with Gasteiger partial charge in [-0.15, -0.1) is 0 Å². The highest BCUT2D eigenvalue weighted by molar-refractivity contribution is 5.77. The normalized spacial score (nSPS) is 14.4. The summed E-state index contributed by atoms with van der Waals surface area (Å²) in [5.74, 6) is 0.948. The minimum atomic E-state index is 0.0311. The third-order valence-corrected chi connectivity index (χ3v) is 6.05. The lowest BCUT2D eigenvalue weighted by Gasteiger charge is -2.29. The molecule has 0 aliphatic heterocycles. The molecule has 2 amide bonds. The first kappa shape index (κ1) is 19.5. The molecule has 1 aliphatic rings. The average Bonchev–Trinajstić information content (AvgIpc) is 3.38. The van der Waals surface area contributed by atoms with Crippen LogP contribution in [0.4, 0.5) is 4.79 Å². The first-order chi connectivity index (χ1) is 14.1. The molecule has 0 unspecified atom stereocenters. The predicted octanol–water partition coefficient (Wildman–Crippen LogP) is 4.88. The molecular weight excluding hydrogens is 360 g/mol. The Hall–Kier alpha value is -2.82. The molecule has 0 saturated heterocycles. The summed E-state index contributed by atoms with van der Waals surface area (Å²) in [5.41, 5.74) is 5.72. The van der Waals surface area contributed by atoms with Crippen LogP contribution in [0.1, 0.15) is 48.2 Å². The van der Waals surface area contributed by atoms with Crippen LogP contribution in [0.2, 0.25) is 0 Å². The van der Waals surface area contributed by atoms with E-state index in [-0.39, 0.29) is 6.03 Å². The molecule has 1 fully saturated rings. The predicted molar refractivity (Wildman–Crippen MR) is 117 cm³/mol. The van der Waals surface area contributed by atoms with Crippen molar-refractivity contribution in [2.45, 2.75) is 58.5 Å². The van der Waals surface area contributed by atoms with Gasteiger partial charge in [0.1, 0.15) is 5.82 Å². The van der Waals surface area contributed by atoms with E-state index in [1.54, 1.807) is 0 Å². The van der Waals surface area contributed by atoms with Crippen molar-refractivity contribution >= 4 is 17.1 Å². The van der Waals surface area contributed by atoms with E-state index in [4.69, 9.17) is 4.98 Å². The molecular formula is C24H30N4O. The number of hydrogen-bond donors (Lipinski definition) is 2. The van der Waals surface area contributed by atoms with Crippen molar-refractivity contribution in [1.82, 2.24) is 20.2 Å². The molecule has 152 valence electrons. The number of amides is 2. The monoisotopic (exact) mass is 390 g/mol. The van der Waals surface area contributed by atoms with Crippen LogP contribution in [0.15, 0.2) is 42.5 Å². The van der Waals surface area contributed by atoms with Crippen LogP contribution < -0.4 is 5.32 Å². The zero-order chi connectivity index (χ0) is 20.2. The molecule has 5 nitrogen and oxygen atoms in total. The van der Waals surface area contributed by atoms with E-state index in [2.05, 4.69) is 36.3 Å². The Morgan fingerprint density at radius 2 is 1.86 bits per heavy atom. The smallest absolute Gasteiger partial charge is 0.317 e. The largest absolute Gasteiger partial charge is 0.342 e. The zero-order valence-corrected chi connectivity index (χ0v) is 17.4. The van der Waals surface area contributed by atoms with E-state index in [0.717, 1.165) is 41.7 Å². The van der Waals surface area contributed by atoms with Crippen molar-refractivity contribution in [2.24, 2.45) is 0 Å². The Balaban J connectivity index is 1.43. The van der Waals surface area contributed by atoms with E-state index < -0.39 is 0 Å². The van der Waals surface area contributed by atoms with Gasteiger partial charge in [-0.05, 0) is 55.5 Å². The number of H-pyrrole nitrogens is 1. The maximum atomic E-state index is 13.0. The van der Waals surface area contributed by atoms with Gasteiger partial charge in [-0.25, -0.2) is 9.78 Å². The van der Waals surface area contributed by atoms with Crippen molar-refractivity contribution < 1.29 is 4.79 Å². The summed E-state index contributed by atoms with van der Waals surface area (Å²) in [6.45, 7) is 5.48. The zero-order valence-electron chi connectivity index (χ0n) is 17.4. The second-order valence-electron chi connectivity index (χ2n) is 8.16. The van der Waals surface area contributed by atoms with Crippen LogP contribution in [0.3, 0.4) is 0 Å². The van der Waals surface area contributed by atoms with Crippen molar-refractivity contribution in [2.75, 3.05) is 6.54 Å². The number of rotatable bonds is 6. The maximum absolute atomic E-state index is 13.0. The van der Waals surface area contributed by atoms with E-state index in [1.807, 2.05) is 35.2 Å². The number of carbonyl (C=O) groups is 1. The third kappa shape index (κ3) is 4.61. The molecule has 0 radical (unpaired) electrons. The lowest BCUT2D eigenvalue weighted by atomic mass is 10.1. The van der Waals surface area contributed by atoms with Gasteiger partial charge in [-0.2, -0.15) is 0 Å². The van der Waals surface area contributed by atoms with Gasteiger partial charge in [0.05, 0.1) is 11.0 Å². The Kier molecular flexibility index (Phi) is 5.84. The molecule has 4 rings (SSSR count). The molecule has 0 atom stereocenters. The van der Waals surface area contributed by atoms with Gasteiger partial charge in [-0.1, -0.05) is 43.2 Å². The molecule has 1 saturated carbocycles. The standard InChI is InChI=1S/C24H30N4O/c1-17-14-21-22(15-18(17)2)27-23(26-21)12-13-28(20-10-6-7-11-20)24(29)25-16-19-8-4-3-5-9-19/h3-5,8-9,14-15,20H,6-7,10-13,16H2,1-2H3,(H,25,29)(H,26,27). The summed E-state index contributed by atoms with van der Waals surface area (Å²) in [7, 11) is 0. The number of aromatic nitrogens is 2. The molecule has 1 heterocycles. The Bertz CT molecular complexity index is 934. The molecule has 2 N–H and O–H groups in total. The van der Waals surface area contributed by atoms with E-state index in [0.29, 0.717) is 19.1 Å². The van der Waals surface area contributed by atoms with Crippen LogP contribution in [0.25, 0.3) is 11.0 Å². The first-order valence-corrected chi connectivity index (χ1v) is 10.6. The number of imidazole rings is 1. The van der Waals surface area contributed by atoms with Crippen LogP contribution in [0.5, 0.6) is 0 Å². The first-order valence-electron chi connectivity index (χ1n) is 10.6. The molecule has 0 bridgehead atoms. The minimum absolute atomic E-state index is 0.0311. The van der Waals surface area contributed by atoms with Crippen molar-refractivity contribution in [3.63, 3.8) is 0 Å². The number of hydrogen-bond acceptors (Lipinski definition) is 2. The summed E-state index contributed by atoms with van der Waals surface area (Å²) < 4.78 is 0. The number of aromatic amines is 1. The van der Waals surface area contributed by atoms with Crippen molar-refractivity contribution in [3.05, 3.63) is 65.0 Å². The number of nitrogens with one attached hydrogen (secondary N) is 2. The third-order valence-electron chi connectivity index (χ3n) is 6.05.